The lowest BCUT2D eigenvalue weighted by Gasteiger charge is -2.18. The van der Waals surface area contributed by atoms with Crippen LogP contribution in [0.1, 0.15) is 37.0 Å². The molecule has 1 heterocycles. The summed E-state index contributed by atoms with van der Waals surface area (Å²) in [6.45, 7) is 0. The van der Waals surface area contributed by atoms with Crippen LogP contribution in [0.4, 0.5) is 0 Å². The monoisotopic (exact) mass is 599 g/mol. The van der Waals surface area contributed by atoms with E-state index in [1.807, 2.05) is 0 Å². The van der Waals surface area contributed by atoms with Crippen molar-refractivity contribution in [1.29, 1.82) is 0 Å². The molecule has 1 heteroatoms. The molecule has 45 heavy (non-hydrogen) atoms. The lowest BCUT2D eigenvalue weighted by molar-refractivity contribution is 0.670. The van der Waals surface area contributed by atoms with Gasteiger partial charge < -0.3 is 4.42 Å². The summed E-state index contributed by atoms with van der Waals surface area (Å²) in [5, 5.41) is -3.91. The number of fused-ring (bicyclic) bond motifs is 5. The Morgan fingerprint density at radius 1 is 0.378 bits per heavy atom. The number of rotatable bonds is 4. The second-order valence-corrected chi connectivity index (χ2v) is 9.57. The van der Waals surface area contributed by atoms with Crippen molar-refractivity contribution < 1.29 is 41.4 Å². The number of hydrogen-bond acceptors (Lipinski definition) is 1. The maximum Gasteiger partial charge on any atom is 0.143 e. The molecule has 0 atom stereocenters. The third kappa shape index (κ3) is 4.09. The minimum Gasteiger partial charge on any atom is -0.455 e. The van der Waals surface area contributed by atoms with E-state index in [9.17, 15) is 12.3 Å². The number of furan rings is 1. The van der Waals surface area contributed by atoms with Crippen molar-refractivity contribution in [2.24, 2.45) is 0 Å². The minimum atomic E-state index is -1.08. The smallest absolute Gasteiger partial charge is 0.143 e. The molecule has 0 amide bonds. The van der Waals surface area contributed by atoms with Crippen LogP contribution in [-0.4, -0.2) is 0 Å². The van der Waals surface area contributed by atoms with Crippen molar-refractivity contribution in [2.45, 2.75) is 0 Å². The first kappa shape index (κ1) is 10.3. The zero-order valence-corrected chi connectivity index (χ0v) is 22.5. The van der Waals surface area contributed by atoms with E-state index < -0.39 is 251 Å². The van der Waals surface area contributed by atoms with Crippen LogP contribution in [0.15, 0.2) is 174 Å². The Kier molecular flexibility index (Phi) is 2.38. The summed E-state index contributed by atoms with van der Waals surface area (Å²) < 4.78 is 247. The molecule has 0 radical (unpaired) electrons. The molecule has 0 spiro atoms. The molecule has 0 aliphatic rings. The average molecular weight is 600 g/mol. The summed E-state index contributed by atoms with van der Waals surface area (Å²) in [4.78, 5) is 0. The Labute approximate surface area is 299 Å². The van der Waals surface area contributed by atoms with Crippen LogP contribution in [0.2, 0.25) is 0 Å². The normalized spacial score (nSPS) is 20.0. The van der Waals surface area contributed by atoms with Gasteiger partial charge in [-0.05, 0) is 72.6 Å². The summed E-state index contributed by atoms with van der Waals surface area (Å²) in [6, 6.07) is -23.8. The van der Waals surface area contributed by atoms with Crippen molar-refractivity contribution in [3.05, 3.63) is 169 Å². The molecule has 0 aliphatic carbocycles. The summed E-state index contributed by atoms with van der Waals surface area (Å²) in [7, 11) is 0. The van der Waals surface area contributed by atoms with Crippen LogP contribution in [0.3, 0.4) is 0 Å². The number of hydrogen-bond donors (Lipinski definition) is 0. The highest BCUT2D eigenvalue weighted by Crippen LogP contribution is 2.45. The molecule has 9 aromatic rings. The van der Waals surface area contributed by atoms with Crippen LogP contribution >= 0.6 is 0 Å². The third-order valence-electron chi connectivity index (χ3n) is 7.17. The highest BCUT2D eigenvalue weighted by molar-refractivity contribution is 6.22. The van der Waals surface area contributed by atoms with Crippen molar-refractivity contribution in [3.8, 4) is 44.5 Å². The van der Waals surface area contributed by atoms with E-state index in [1.54, 1.807) is 0 Å². The SMILES string of the molecule is [2H]c1cc([2H])c(-c2c([2H])c([2H])c([2H])c3oc4c(-c5c([2H])c([2H])c([2H])c(-c6c7c([2H])c([2H])c([2H])c([2H])c7c(-c7c([2H])c([2H])c([2H])c([2H])c7[2H])c7c([2H])c([2H])c([2H])c([2H])c67)c5[2H])c([2H])c([2H])c([2H])c4c23)c([2H])c1[2H]. The molecule has 210 valence electrons. The molecule has 1 nitrogen and oxygen atoms in total. The lowest BCUT2D eigenvalue weighted by Crippen LogP contribution is -1.91. The van der Waals surface area contributed by atoms with Gasteiger partial charge >= 0.3 is 0 Å². The van der Waals surface area contributed by atoms with Gasteiger partial charge in [0.2, 0.25) is 0 Å². The topological polar surface area (TPSA) is 13.1 Å². The third-order valence-corrected chi connectivity index (χ3v) is 7.17. The Hall–Kier alpha value is -5.92. The van der Waals surface area contributed by atoms with Crippen LogP contribution < -0.4 is 0 Å². The fourth-order valence-corrected chi connectivity index (χ4v) is 5.35. The fraction of sp³-hybridized carbons (Fsp3) is 0. The molecule has 0 fully saturated rings. The first-order chi connectivity index (χ1) is 33.6. The average Bonchev–Trinajstić information content (AvgIpc) is 3.74. The van der Waals surface area contributed by atoms with Gasteiger partial charge in [-0.3, -0.25) is 0 Å². The number of benzene rings is 8. The predicted molar refractivity (Wildman–Crippen MR) is 190 cm³/mol. The highest BCUT2D eigenvalue weighted by atomic mass is 16.3. The fourth-order valence-electron chi connectivity index (χ4n) is 5.35. The van der Waals surface area contributed by atoms with E-state index in [1.165, 1.54) is 0 Å². The van der Waals surface area contributed by atoms with Crippen molar-refractivity contribution in [1.82, 2.24) is 0 Å². The van der Waals surface area contributed by atoms with Gasteiger partial charge in [-0.25, -0.2) is 0 Å². The highest BCUT2D eigenvalue weighted by Gasteiger charge is 2.19. The van der Waals surface area contributed by atoms with E-state index >= 15 is 0 Å². The van der Waals surface area contributed by atoms with Gasteiger partial charge in [-0.1, -0.05) is 157 Å². The van der Waals surface area contributed by atoms with E-state index in [-0.39, 0.29) is 0 Å². The summed E-state index contributed by atoms with van der Waals surface area (Å²) in [5.74, 6) is 0. The second kappa shape index (κ2) is 10.4. The molecule has 0 saturated carbocycles. The molecule has 0 N–H and O–H groups in total. The summed E-state index contributed by atoms with van der Waals surface area (Å²) in [6.07, 6.45) is 0. The van der Waals surface area contributed by atoms with Crippen LogP contribution in [0.5, 0.6) is 0 Å². The molecule has 1 aromatic heterocycles. The summed E-state index contributed by atoms with van der Waals surface area (Å²) >= 11 is 0. The second-order valence-electron chi connectivity index (χ2n) is 9.57. The van der Waals surface area contributed by atoms with Crippen molar-refractivity contribution in [2.75, 3.05) is 0 Å². The zero-order chi connectivity index (χ0) is 53.2. The molecule has 8 aromatic carbocycles. The molecule has 0 unspecified atom stereocenters. The van der Waals surface area contributed by atoms with Gasteiger partial charge in [0, 0.05) is 16.3 Å². The lowest BCUT2D eigenvalue weighted by atomic mass is 9.85. The minimum absolute atomic E-state index is 0.455. The van der Waals surface area contributed by atoms with Gasteiger partial charge in [0.05, 0.1) is 37.0 Å². The van der Waals surface area contributed by atoms with Crippen LogP contribution in [0.25, 0.3) is 88.0 Å². The largest absolute Gasteiger partial charge is 0.455 e. The van der Waals surface area contributed by atoms with E-state index in [2.05, 4.69) is 0 Å². The standard InChI is InChI=1S/C44H28O/c1-3-14-29(15-4-1)33-24-13-27-40-43(33)39-26-12-25-34(44(39)45-40)31-18-11-19-32(28-31)42-37-22-9-7-20-35(37)41(30-16-5-2-6-17-30)36-21-8-10-23-38(36)42/h1-28H/i1D,2D,3D,5D,6D,7D,8D,9D,10D,11D,12D,13D,14D,15D,16D,17D,18D,19D,20D,21D,22D,23D,24D,25D,26D,27D,28D. The van der Waals surface area contributed by atoms with Gasteiger partial charge in [0.25, 0.3) is 0 Å². The van der Waals surface area contributed by atoms with Crippen molar-refractivity contribution in [3.63, 3.8) is 0 Å². The Morgan fingerprint density at radius 3 is 1.67 bits per heavy atom. The first-order valence-corrected chi connectivity index (χ1v) is 13.2. The molecule has 0 saturated heterocycles. The van der Waals surface area contributed by atoms with E-state index in [0.717, 1.165) is 6.07 Å². The molecule has 0 aliphatic heterocycles. The van der Waals surface area contributed by atoms with Gasteiger partial charge in [0.1, 0.15) is 11.2 Å². The van der Waals surface area contributed by atoms with Gasteiger partial charge in [0.15, 0.2) is 0 Å². The van der Waals surface area contributed by atoms with Crippen LogP contribution in [0, 0.1) is 0 Å². The maximum atomic E-state index is 9.92. The maximum absolute atomic E-state index is 9.92. The Bertz CT molecular complexity index is 3950. The zero-order valence-electron chi connectivity index (χ0n) is 49.5. The Morgan fingerprint density at radius 2 is 0.911 bits per heavy atom. The predicted octanol–water partition coefficient (Wildman–Crippen LogP) is 12.6. The summed E-state index contributed by atoms with van der Waals surface area (Å²) in [5.41, 5.74) is -7.07. The molecular formula is C44H28O. The molecule has 0 bridgehead atoms. The van der Waals surface area contributed by atoms with Gasteiger partial charge in [-0.15, -0.1) is 0 Å². The van der Waals surface area contributed by atoms with E-state index in [0.29, 0.717) is 0 Å². The molecule has 9 rings (SSSR count). The number of para-hydroxylation sites is 1. The van der Waals surface area contributed by atoms with Crippen LogP contribution in [-0.2, 0) is 0 Å². The van der Waals surface area contributed by atoms with Gasteiger partial charge in [-0.2, -0.15) is 0 Å². The van der Waals surface area contributed by atoms with Crippen molar-refractivity contribution >= 4 is 43.5 Å². The van der Waals surface area contributed by atoms with E-state index in [4.69, 9.17) is 29.1 Å². The molecular weight excluding hydrogens is 544 g/mol. The Balaban J connectivity index is 1.57. The first-order valence-electron chi connectivity index (χ1n) is 26.7. The quantitative estimate of drug-likeness (QED) is 0.183.